The number of anilines is 1. The van der Waals surface area contributed by atoms with Gasteiger partial charge in [-0.25, -0.2) is 9.97 Å². The Labute approximate surface area is 156 Å². The van der Waals surface area contributed by atoms with Crippen molar-refractivity contribution in [2.75, 3.05) is 18.0 Å². The Hall–Kier alpha value is -3.40. The number of H-pyrrole nitrogens is 1. The molecule has 7 heteroatoms. The molecule has 2 atom stereocenters. The van der Waals surface area contributed by atoms with Crippen LogP contribution >= 0.6 is 0 Å². The molecule has 2 aliphatic rings. The van der Waals surface area contributed by atoms with E-state index in [0.29, 0.717) is 11.1 Å². The highest BCUT2D eigenvalue weighted by atomic mass is 16.2. The molecule has 0 radical (unpaired) electrons. The molecule has 0 unspecified atom stereocenters. The first-order valence-corrected chi connectivity index (χ1v) is 9.10. The highest BCUT2D eigenvalue weighted by molar-refractivity contribution is 5.95. The molecular weight excluding hydrogens is 340 g/mol. The second kappa shape index (κ2) is 6.09. The van der Waals surface area contributed by atoms with Crippen LogP contribution in [0.5, 0.6) is 0 Å². The zero-order valence-electron chi connectivity index (χ0n) is 14.7. The summed E-state index contributed by atoms with van der Waals surface area (Å²) in [6.07, 6.45) is 5.44. The van der Waals surface area contributed by atoms with Gasteiger partial charge in [0.15, 0.2) is 0 Å². The molecule has 2 bridgehead atoms. The van der Waals surface area contributed by atoms with Crippen molar-refractivity contribution in [3.05, 3.63) is 54.0 Å². The number of carbonyl (C=O) groups is 1. The first-order chi connectivity index (χ1) is 13.2. The maximum absolute atomic E-state index is 13.1. The van der Waals surface area contributed by atoms with Crippen LogP contribution in [0, 0.1) is 11.3 Å². The number of aromatic amines is 1. The van der Waals surface area contributed by atoms with Crippen LogP contribution in [0.25, 0.3) is 11.0 Å². The van der Waals surface area contributed by atoms with Crippen molar-refractivity contribution in [2.45, 2.75) is 24.9 Å². The van der Waals surface area contributed by atoms with Crippen LogP contribution in [0.1, 0.15) is 28.8 Å². The fourth-order valence-corrected chi connectivity index (χ4v) is 4.39. The molecule has 1 aromatic carbocycles. The van der Waals surface area contributed by atoms with Crippen molar-refractivity contribution in [1.82, 2.24) is 19.9 Å². The minimum Gasteiger partial charge on any atom is -0.352 e. The lowest BCUT2D eigenvalue weighted by Crippen LogP contribution is -2.56. The Bertz CT molecular complexity index is 1050. The number of nitriles is 1. The number of rotatable bonds is 2. The third-order valence-electron chi connectivity index (χ3n) is 5.59. The van der Waals surface area contributed by atoms with Crippen molar-refractivity contribution in [2.24, 2.45) is 0 Å². The lowest BCUT2D eigenvalue weighted by atomic mass is 10.1. The van der Waals surface area contributed by atoms with Gasteiger partial charge in [-0.2, -0.15) is 5.26 Å². The van der Waals surface area contributed by atoms with Crippen molar-refractivity contribution in [1.29, 1.82) is 5.26 Å². The molecule has 2 aliphatic heterocycles. The van der Waals surface area contributed by atoms with Gasteiger partial charge in [-0.1, -0.05) is 6.07 Å². The number of carbonyl (C=O) groups excluding carboxylic acids is 1. The van der Waals surface area contributed by atoms with E-state index in [1.807, 2.05) is 17.2 Å². The molecule has 2 aromatic heterocycles. The van der Waals surface area contributed by atoms with Crippen LogP contribution in [-0.2, 0) is 0 Å². The molecule has 27 heavy (non-hydrogen) atoms. The minimum absolute atomic E-state index is 0.0220. The summed E-state index contributed by atoms with van der Waals surface area (Å²) >= 11 is 0. The third-order valence-corrected chi connectivity index (χ3v) is 5.59. The van der Waals surface area contributed by atoms with Gasteiger partial charge in [0.25, 0.3) is 5.91 Å². The number of benzene rings is 1. The normalized spacial score (nSPS) is 21.4. The summed E-state index contributed by atoms with van der Waals surface area (Å²) in [7, 11) is 0. The van der Waals surface area contributed by atoms with Gasteiger partial charge in [0.2, 0.25) is 0 Å². The Morgan fingerprint density at radius 3 is 2.78 bits per heavy atom. The number of hydrogen-bond acceptors (Lipinski definition) is 5. The van der Waals surface area contributed by atoms with Crippen LogP contribution < -0.4 is 4.90 Å². The standard InChI is InChI=1S/C20H18N6O/c21-9-13-2-1-3-14(8-13)20(27)26-15-4-5-16(26)11-25(10-15)19-17-6-7-22-18(17)23-12-24-19/h1-3,6-8,12,15-16H,4-5,10-11H2,(H,22,23,24)/t15-,16-/m1/s1. The lowest BCUT2D eigenvalue weighted by Gasteiger charge is -2.41. The lowest BCUT2D eigenvalue weighted by molar-refractivity contribution is 0.0641. The molecule has 4 heterocycles. The van der Waals surface area contributed by atoms with E-state index in [0.717, 1.165) is 42.8 Å². The number of fused-ring (bicyclic) bond motifs is 3. The quantitative estimate of drug-likeness (QED) is 0.759. The summed E-state index contributed by atoms with van der Waals surface area (Å²) in [6, 6.07) is 11.4. The molecule has 7 nitrogen and oxygen atoms in total. The minimum atomic E-state index is 0.0220. The van der Waals surface area contributed by atoms with Gasteiger partial charge < -0.3 is 14.8 Å². The predicted molar refractivity (Wildman–Crippen MR) is 100 cm³/mol. The van der Waals surface area contributed by atoms with E-state index in [1.165, 1.54) is 0 Å². The molecule has 3 aromatic rings. The van der Waals surface area contributed by atoms with E-state index >= 15 is 0 Å². The fourth-order valence-electron chi connectivity index (χ4n) is 4.39. The fraction of sp³-hybridized carbons (Fsp3) is 0.300. The van der Waals surface area contributed by atoms with E-state index in [4.69, 9.17) is 5.26 Å². The van der Waals surface area contributed by atoms with Gasteiger partial charge in [0.05, 0.1) is 29.1 Å². The molecule has 0 saturated carbocycles. The first-order valence-electron chi connectivity index (χ1n) is 9.10. The largest absolute Gasteiger partial charge is 0.352 e. The second-order valence-electron chi connectivity index (χ2n) is 7.13. The number of nitrogens with one attached hydrogen (secondary N) is 1. The molecule has 0 spiro atoms. The average Bonchev–Trinajstić information content (AvgIpc) is 3.29. The Morgan fingerprint density at radius 2 is 2.00 bits per heavy atom. The molecule has 0 aliphatic carbocycles. The van der Waals surface area contributed by atoms with Crippen LogP contribution in [0.15, 0.2) is 42.9 Å². The average molecular weight is 358 g/mol. The summed E-state index contributed by atoms with van der Waals surface area (Å²) in [5.74, 6) is 0.949. The van der Waals surface area contributed by atoms with Crippen molar-refractivity contribution in [3.63, 3.8) is 0 Å². The number of nitrogens with zero attached hydrogens (tertiary/aromatic N) is 5. The SMILES string of the molecule is N#Cc1cccc(C(=O)N2[C@@H]3CC[C@@H]2CN(c2ncnc4[nH]ccc24)C3)c1. The molecular formula is C20H18N6O. The van der Waals surface area contributed by atoms with Gasteiger partial charge in [-0.05, 0) is 37.1 Å². The molecule has 134 valence electrons. The summed E-state index contributed by atoms with van der Waals surface area (Å²) in [6.45, 7) is 1.52. The van der Waals surface area contributed by atoms with Crippen molar-refractivity contribution < 1.29 is 4.79 Å². The Kier molecular flexibility index (Phi) is 3.57. The number of hydrogen-bond donors (Lipinski definition) is 1. The van der Waals surface area contributed by atoms with E-state index in [2.05, 4.69) is 25.9 Å². The summed E-state index contributed by atoms with van der Waals surface area (Å²) in [5.41, 5.74) is 1.94. The highest BCUT2D eigenvalue weighted by Crippen LogP contribution is 2.35. The topological polar surface area (TPSA) is 88.9 Å². The first kappa shape index (κ1) is 15.8. The van der Waals surface area contributed by atoms with Gasteiger partial charge in [0, 0.05) is 24.8 Å². The maximum Gasteiger partial charge on any atom is 0.254 e. The Balaban J connectivity index is 1.43. The third kappa shape index (κ3) is 2.53. The number of aromatic nitrogens is 3. The number of piperazine rings is 1. The van der Waals surface area contributed by atoms with Gasteiger partial charge in [0.1, 0.15) is 17.8 Å². The second-order valence-corrected chi connectivity index (χ2v) is 7.13. The molecule has 1 amide bonds. The summed E-state index contributed by atoms with van der Waals surface area (Å²) in [4.78, 5) is 29.3. The van der Waals surface area contributed by atoms with E-state index in [9.17, 15) is 4.79 Å². The van der Waals surface area contributed by atoms with Crippen LogP contribution in [0.4, 0.5) is 5.82 Å². The van der Waals surface area contributed by atoms with Crippen LogP contribution in [0.3, 0.4) is 0 Å². The smallest absolute Gasteiger partial charge is 0.254 e. The molecule has 5 rings (SSSR count). The molecule has 2 saturated heterocycles. The van der Waals surface area contributed by atoms with Crippen LogP contribution in [0.2, 0.25) is 0 Å². The molecule has 1 N–H and O–H groups in total. The predicted octanol–water partition coefficient (Wildman–Crippen LogP) is 2.32. The van der Waals surface area contributed by atoms with E-state index in [-0.39, 0.29) is 18.0 Å². The zero-order chi connectivity index (χ0) is 18.4. The van der Waals surface area contributed by atoms with Crippen molar-refractivity contribution in [3.8, 4) is 6.07 Å². The van der Waals surface area contributed by atoms with Gasteiger partial charge in [-0.3, -0.25) is 4.79 Å². The zero-order valence-corrected chi connectivity index (χ0v) is 14.7. The highest BCUT2D eigenvalue weighted by Gasteiger charge is 2.43. The Morgan fingerprint density at radius 1 is 1.19 bits per heavy atom. The van der Waals surface area contributed by atoms with Crippen molar-refractivity contribution >= 4 is 22.8 Å². The van der Waals surface area contributed by atoms with E-state index in [1.54, 1.807) is 30.6 Å². The van der Waals surface area contributed by atoms with Crippen LogP contribution in [-0.4, -0.2) is 50.9 Å². The van der Waals surface area contributed by atoms with Gasteiger partial charge in [-0.15, -0.1) is 0 Å². The monoisotopic (exact) mass is 358 g/mol. The molecule has 2 fully saturated rings. The maximum atomic E-state index is 13.1. The summed E-state index contributed by atoms with van der Waals surface area (Å²) < 4.78 is 0. The van der Waals surface area contributed by atoms with Gasteiger partial charge >= 0.3 is 0 Å². The van der Waals surface area contributed by atoms with E-state index < -0.39 is 0 Å². The summed E-state index contributed by atoms with van der Waals surface area (Å²) in [5, 5.41) is 10.1. The number of amides is 1.